The number of esters is 1. The van der Waals surface area contributed by atoms with Crippen molar-refractivity contribution in [2.75, 3.05) is 0 Å². The monoisotopic (exact) mass is 530 g/mol. The minimum atomic E-state index is -0.878. The molecule has 0 heterocycles. The van der Waals surface area contributed by atoms with Gasteiger partial charge in [0.05, 0.1) is 17.6 Å². The fourth-order valence-corrected chi connectivity index (χ4v) is 11.2. The van der Waals surface area contributed by atoms with E-state index in [9.17, 15) is 24.9 Å². The molecular weight excluding hydrogens is 480 g/mol. The van der Waals surface area contributed by atoms with Crippen LogP contribution in [0.5, 0.6) is 0 Å². The molecule has 0 spiro atoms. The summed E-state index contributed by atoms with van der Waals surface area (Å²) in [7, 11) is 0. The summed E-state index contributed by atoms with van der Waals surface area (Å²) in [5, 5.41) is 33.7. The number of aliphatic carboxylic acids is 1. The molecule has 0 aromatic heterocycles. The van der Waals surface area contributed by atoms with E-state index >= 15 is 0 Å². The number of hydrogen-bond donors (Lipinski definition) is 3. The van der Waals surface area contributed by atoms with Crippen LogP contribution in [0.3, 0.4) is 0 Å². The molecule has 0 aromatic rings. The van der Waals surface area contributed by atoms with Crippen molar-refractivity contribution in [2.24, 2.45) is 50.7 Å². The van der Waals surface area contributed by atoms with Crippen LogP contribution in [0, 0.1) is 50.7 Å². The van der Waals surface area contributed by atoms with Gasteiger partial charge in [0.1, 0.15) is 5.60 Å². The SMILES string of the molecule is CC(=O)O[C@@]1(C)CC[C@]2(C(=O)O)CC[C@]3(C)C(=CCC4[C@@]3(C)[C@H](O)C[C@H]3C(C)(C)[C@@H](O)CC[C@]43C)[C@@H]2[C@H]1C. The molecule has 5 aliphatic rings. The third kappa shape index (κ3) is 3.25. The Labute approximate surface area is 228 Å². The van der Waals surface area contributed by atoms with Crippen molar-refractivity contribution >= 4 is 11.9 Å². The van der Waals surface area contributed by atoms with Gasteiger partial charge < -0.3 is 20.1 Å². The second-order valence-electron chi connectivity index (χ2n) is 15.4. The zero-order chi connectivity index (χ0) is 28.3. The van der Waals surface area contributed by atoms with E-state index in [1.165, 1.54) is 12.5 Å². The van der Waals surface area contributed by atoms with Crippen molar-refractivity contribution in [1.82, 2.24) is 0 Å². The van der Waals surface area contributed by atoms with Crippen LogP contribution in [0.1, 0.15) is 107 Å². The normalized spacial score (nSPS) is 53.4. The van der Waals surface area contributed by atoms with Gasteiger partial charge in [0, 0.05) is 24.2 Å². The van der Waals surface area contributed by atoms with Crippen molar-refractivity contribution in [1.29, 1.82) is 0 Å². The largest absolute Gasteiger partial charge is 0.481 e. The van der Waals surface area contributed by atoms with E-state index in [4.69, 9.17) is 4.74 Å². The van der Waals surface area contributed by atoms with Crippen LogP contribution in [-0.4, -0.2) is 45.1 Å². The van der Waals surface area contributed by atoms with Crippen LogP contribution in [0.25, 0.3) is 0 Å². The lowest BCUT2D eigenvalue weighted by molar-refractivity contribution is -0.248. The van der Waals surface area contributed by atoms with Crippen LogP contribution in [0.4, 0.5) is 0 Å². The maximum atomic E-state index is 13.0. The fraction of sp³-hybridized carbons (Fsp3) is 0.875. The molecule has 0 aliphatic heterocycles. The summed E-state index contributed by atoms with van der Waals surface area (Å²) in [4.78, 5) is 25.1. The third-order valence-corrected chi connectivity index (χ3v) is 13.9. The van der Waals surface area contributed by atoms with Gasteiger partial charge >= 0.3 is 11.9 Å². The Balaban J connectivity index is 1.65. The second-order valence-corrected chi connectivity index (χ2v) is 15.4. The van der Waals surface area contributed by atoms with E-state index in [1.54, 1.807) is 0 Å². The Morgan fingerprint density at radius 2 is 1.55 bits per heavy atom. The standard InChI is InChI=1S/C32H50O6/c1-18-25-20-9-10-21-28(5)12-11-23(34)27(3,4)22(28)17-24(35)31(21,8)29(20,6)13-15-32(25,26(36)37)16-14-30(18,7)38-19(2)33/h9,18,21-25,34-35H,10-17H2,1-8H3,(H,36,37)/t18-,21?,22+,23+,24-,25+,28-,29-,30+,31+,32-/m1/s1. The zero-order valence-corrected chi connectivity index (χ0v) is 24.8. The molecule has 0 bridgehead atoms. The fourth-order valence-electron chi connectivity index (χ4n) is 11.2. The van der Waals surface area contributed by atoms with E-state index in [0.717, 1.165) is 25.7 Å². The first-order valence-electron chi connectivity index (χ1n) is 14.9. The van der Waals surface area contributed by atoms with Crippen molar-refractivity contribution in [2.45, 2.75) is 125 Å². The maximum absolute atomic E-state index is 13.0. The number of carbonyl (C=O) groups excluding carboxylic acids is 1. The molecule has 0 saturated heterocycles. The zero-order valence-electron chi connectivity index (χ0n) is 24.8. The number of carboxylic acids is 1. The number of aliphatic hydroxyl groups excluding tert-OH is 2. The van der Waals surface area contributed by atoms with Crippen molar-refractivity contribution in [3.05, 3.63) is 11.6 Å². The third-order valence-electron chi connectivity index (χ3n) is 13.9. The average Bonchev–Trinajstić information content (AvgIpc) is 2.81. The predicted octanol–water partition coefficient (Wildman–Crippen LogP) is 5.75. The second kappa shape index (κ2) is 8.31. The predicted molar refractivity (Wildman–Crippen MR) is 145 cm³/mol. The number of hydrogen-bond acceptors (Lipinski definition) is 5. The number of rotatable bonds is 2. The van der Waals surface area contributed by atoms with E-state index < -0.39 is 28.5 Å². The molecule has 0 amide bonds. The van der Waals surface area contributed by atoms with Crippen molar-refractivity contribution in [3.8, 4) is 0 Å². The molecule has 11 atom stereocenters. The molecule has 0 radical (unpaired) electrons. The molecular formula is C32H50O6. The molecule has 5 rings (SSSR count). The van der Waals surface area contributed by atoms with E-state index in [-0.39, 0.29) is 52.0 Å². The molecule has 4 saturated carbocycles. The Bertz CT molecular complexity index is 1060. The molecule has 6 heteroatoms. The molecule has 6 nitrogen and oxygen atoms in total. The smallest absolute Gasteiger partial charge is 0.310 e. The number of allylic oxidation sites excluding steroid dienone is 2. The lowest BCUT2D eigenvalue weighted by Crippen LogP contribution is -2.70. The number of fused-ring (bicyclic) bond motifs is 7. The van der Waals surface area contributed by atoms with E-state index in [2.05, 4.69) is 47.6 Å². The Hall–Kier alpha value is -1.40. The molecule has 1 unspecified atom stereocenters. The van der Waals surface area contributed by atoms with Crippen LogP contribution < -0.4 is 0 Å². The van der Waals surface area contributed by atoms with Crippen LogP contribution in [-0.2, 0) is 14.3 Å². The van der Waals surface area contributed by atoms with Crippen molar-refractivity contribution < 1.29 is 29.6 Å². The van der Waals surface area contributed by atoms with Gasteiger partial charge in [0.25, 0.3) is 0 Å². The minimum absolute atomic E-state index is 0.0203. The first kappa shape index (κ1) is 28.1. The average molecular weight is 531 g/mol. The first-order valence-corrected chi connectivity index (χ1v) is 14.9. The van der Waals surface area contributed by atoms with Crippen LogP contribution in [0.2, 0.25) is 0 Å². The lowest BCUT2D eigenvalue weighted by Gasteiger charge is -2.72. The van der Waals surface area contributed by atoms with Gasteiger partial charge in [-0.3, -0.25) is 9.59 Å². The Kier molecular flexibility index (Phi) is 6.16. The van der Waals surface area contributed by atoms with Gasteiger partial charge in [-0.1, -0.05) is 53.2 Å². The first-order chi connectivity index (χ1) is 17.4. The molecule has 0 aromatic carbocycles. The lowest BCUT2D eigenvalue weighted by atomic mass is 9.32. The summed E-state index contributed by atoms with van der Waals surface area (Å²) < 4.78 is 5.92. The highest BCUT2D eigenvalue weighted by Gasteiger charge is 2.72. The number of ether oxygens (including phenoxy) is 1. The minimum Gasteiger partial charge on any atom is -0.481 e. The van der Waals surface area contributed by atoms with Gasteiger partial charge in [-0.05, 0) is 86.4 Å². The van der Waals surface area contributed by atoms with Gasteiger partial charge in [0.15, 0.2) is 0 Å². The summed E-state index contributed by atoms with van der Waals surface area (Å²) in [6.07, 6.45) is 6.96. The molecule has 214 valence electrons. The topological polar surface area (TPSA) is 104 Å². The van der Waals surface area contributed by atoms with Gasteiger partial charge in [-0.2, -0.15) is 0 Å². The molecule has 3 N–H and O–H groups in total. The maximum Gasteiger partial charge on any atom is 0.310 e. The highest BCUT2D eigenvalue weighted by atomic mass is 16.6. The number of carboxylic acid groups (broad SMARTS) is 1. The van der Waals surface area contributed by atoms with Gasteiger partial charge in [0.2, 0.25) is 0 Å². The van der Waals surface area contributed by atoms with E-state index in [0.29, 0.717) is 25.7 Å². The summed E-state index contributed by atoms with van der Waals surface area (Å²) in [6, 6.07) is 0. The summed E-state index contributed by atoms with van der Waals surface area (Å²) >= 11 is 0. The molecule has 5 aliphatic carbocycles. The number of carbonyl (C=O) groups is 2. The van der Waals surface area contributed by atoms with E-state index in [1.807, 2.05) is 6.92 Å². The number of aliphatic hydroxyl groups is 2. The van der Waals surface area contributed by atoms with Crippen molar-refractivity contribution in [3.63, 3.8) is 0 Å². The van der Waals surface area contributed by atoms with Crippen LogP contribution in [0.15, 0.2) is 11.6 Å². The van der Waals surface area contributed by atoms with Gasteiger partial charge in [-0.25, -0.2) is 0 Å². The Morgan fingerprint density at radius 1 is 0.921 bits per heavy atom. The highest BCUT2D eigenvalue weighted by Crippen LogP contribution is 2.76. The molecule has 38 heavy (non-hydrogen) atoms. The van der Waals surface area contributed by atoms with Gasteiger partial charge in [-0.15, -0.1) is 0 Å². The molecule has 4 fully saturated rings. The summed E-state index contributed by atoms with van der Waals surface area (Å²) in [5.41, 5.74) is -1.50. The summed E-state index contributed by atoms with van der Waals surface area (Å²) in [5.74, 6) is -1.02. The highest BCUT2D eigenvalue weighted by molar-refractivity contribution is 5.77. The summed E-state index contributed by atoms with van der Waals surface area (Å²) in [6.45, 7) is 16.8. The Morgan fingerprint density at radius 3 is 2.16 bits per heavy atom. The quantitative estimate of drug-likeness (QED) is 0.310. The van der Waals surface area contributed by atoms with Crippen LogP contribution >= 0.6 is 0 Å².